The van der Waals surface area contributed by atoms with Gasteiger partial charge in [-0.15, -0.1) is 0 Å². The summed E-state index contributed by atoms with van der Waals surface area (Å²) in [6.45, 7) is 0. The molecule has 0 unspecified atom stereocenters. The smallest absolute Gasteiger partial charge is 0.270 e. The number of nitrogens with zero attached hydrogens (tertiary/aromatic N) is 3. The van der Waals surface area contributed by atoms with Crippen LogP contribution in [0.15, 0.2) is 29.2 Å². The van der Waals surface area contributed by atoms with E-state index in [2.05, 4.69) is 19.1 Å². The lowest BCUT2D eigenvalue weighted by Gasteiger charge is -2.15. The van der Waals surface area contributed by atoms with Crippen molar-refractivity contribution >= 4 is 79.7 Å². The first-order chi connectivity index (χ1) is 11.3. The highest BCUT2D eigenvalue weighted by molar-refractivity contribution is 7.86. The summed E-state index contributed by atoms with van der Waals surface area (Å²) in [7, 11) is -2.79. The zero-order valence-electron chi connectivity index (χ0n) is 12.1. The van der Waals surface area contributed by atoms with Crippen molar-refractivity contribution < 1.29 is 12.6 Å². The maximum Gasteiger partial charge on any atom is 0.296 e. The number of rotatable bonds is 3. The van der Waals surface area contributed by atoms with Crippen LogP contribution in [0.3, 0.4) is 0 Å². The van der Waals surface area contributed by atoms with E-state index in [1.165, 1.54) is 24.3 Å². The first-order valence-electron chi connectivity index (χ1n) is 6.16. The van der Waals surface area contributed by atoms with Gasteiger partial charge >= 0.3 is 0 Å². The van der Waals surface area contributed by atoms with Crippen LogP contribution in [0.2, 0.25) is 0 Å². The SMILES string of the molecule is COS(=O)(=O)c1ccc(-c2nc(C(Cl)(Cl)Cl)nc(C(Cl)(Cl)Cl)n2)cc1. The molecule has 0 spiro atoms. The molecule has 0 saturated carbocycles. The lowest BCUT2D eigenvalue weighted by Crippen LogP contribution is -2.16. The van der Waals surface area contributed by atoms with E-state index in [0.717, 1.165) is 7.11 Å². The number of hydrogen-bond donors (Lipinski definition) is 0. The Hall–Kier alpha value is -0.120. The van der Waals surface area contributed by atoms with Crippen molar-refractivity contribution in [1.29, 1.82) is 0 Å². The average molecular weight is 486 g/mol. The van der Waals surface area contributed by atoms with Crippen molar-refractivity contribution in [2.45, 2.75) is 12.5 Å². The fraction of sp³-hybridized carbons (Fsp3) is 0.250. The van der Waals surface area contributed by atoms with Gasteiger partial charge in [0.15, 0.2) is 17.5 Å². The van der Waals surface area contributed by atoms with Crippen molar-refractivity contribution in [1.82, 2.24) is 15.0 Å². The molecule has 1 aromatic heterocycles. The Morgan fingerprint density at radius 2 is 1.28 bits per heavy atom. The van der Waals surface area contributed by atoms with Crippen LogP contribution in [0.1, 0.15) is 11.6 Å². The summed E-state index contributed by atoms with van der Waals surface area (Å²) in [4.78, 5) is 11.8. The van der Waals surface area contributed by atoms with Gasteiger partial charge < -0.3 is 0 Å². The molecule has 0 amide bonds. The van der Waals surface area contributed by atoms with Crippen molar-refractivity contribution in [2.24, 2.45) is 0 Å². The Morgan fingerprint density at radius 1 is 0.840 bits per heavy atom. The van der Waals surface area contributed by atoms with Crippen LogP contribution in [0, 0.1) is 0 Å². The summed E-state index contributed by atoms with van der Waals surface area (Å²) >= 11 is 34.8. The molecule has 0 fully saturated rings. The molecule has 0 aliphatic heterocycles. The molecule has 25 heavy (non-hydrogen) atoms. The van der Waals surface area contributed by atoms with Gasteiger partial charge in [0.2, 0.25) is 7.59 Å². The van der Waals surface area contributed by atoms with E-state index in [-0.39, 0.29) is 22.4 Å². The second kappa shape index (κ2) is 7.48. The first-order valence-corrected chi connectivity index (χ1v) is 9.84. The molecule has 0 aliphatic rings. The van der Waals surface area contributed by atoms with Gasteiger partial charge in [-0.05, 0) is 24.3 Å². The maximum atomic E-state index is 11.7. The molecular weight excluding hydrogens is 479 g/mol. The molecule has 0 N–H and O–H groups in total. The number of aromatic nitrogens is 3. The van der Waals surface area contributed by atoms with Crippen LogP contribution < -0.4 is 0 Å². The lowest BCUT2D eigenvalue weighted by molar-refractivity contribution is 0.398. The highest BCUT2D eigenvalue weighted by Gasteiger charge is 2.34. The van der Waals surface area contributed by atoms with E-state index >= 15 is 0 Å². The third kappa shape index (κ3) is 5.20. The fourth-order valence-corrected chi connectivity index (χ4v) is 2.79. The Balaban J connectivity index is 2.59. The van der Waals surface area contributed by atoms with E-state index in [9.17, 15) is 8.42 Å². The number of alkyl halides is 6. The van der Waals surface area contributed by atoms with Crippen molar-refractivity contribution in [3.63, 3.8) is 0 Å². The van der Waals surface area contributed by atoms with Crippen LogP contribution >= 0.6 is 69.6 Å². The molecule has 0 bridgehead atoms. The number of hydrogen-bond acceptors (Lipinski definition) is 6. The predicted molar refractivity (Wildman–Crippen MR) is 97.9 cm³/mol. The van der Waals surface area contributed by atoms with Crippen molar-refractivity contribution in [2.75, 3.05) is 7.11 Å². The van der Waals surface area contributed by atoms with Gasteiger partial charge in [0.1, 0.15) is 0 Å². The van der Waals surface area contributed by atoms with Crippen molar-refractivity contribution in [3.8, 4) is 11.4 Å². The van der Waals surface area contributed by atoms with Gasteiger partial charge in [-0.1, -0.05) is 69.6 Å². The molecule has 1 heterocycles. The average Bonchev–Trinajstić information content (AvgIpc) is 2.53. The van der Waals surface area contributed by atoms with Gasteiger partial charge in [0.05, 0.1) is 12.0 Å². The molecule has 0 aliphatic carbocycles. The molecule has 6 nitrogen and oxygen atoms in total. The van der Waals surface area contributed by atoms with Crippen LogP contribution in [0.25, 0.3) is 11.4 Å². The minimum Gasteiger partial charge on any atom is -0.270 e. The highest BCUT2D eigenvalue weighted by Crippen LogP contribution is 2.40. The summed E-state index contributed by atoms with van der Waals surface area (Å²) in [6.07, 6.45) is 0. The Bertz CT molecular complexity index is 846. The summed E-state index contributed by atoms with van der Waals surface area (Å²) in [5.41, 5.74) is 0.378. The Morgan fingerprint density at radius 3 is 1.64 bits per heavy atom. The molecule has 0 radical (unpaired) electrons. The summed E-state index contributed by atoms with van der Waals surface area (Å²) < 4.78 is 23.8. The Labute approximate surface area is 173 Å². The molecule has 2 aromatic rings. The minimum atomic E-state index is -3.84. The monoisotopic (exact) mass is 483 g/mol. The molecular formula is C12H7Cl6N3O3S. The normalized spacial score (nSPS) is 13.1. The molecule has 0 atom stereocenters. The molecule has 1 aromatic carbocycles. The van der Waals surface area contributed by atoms with Crippen molar-refractivity contribution in [3.05, 3.63) is 35.9 Å². The van der Waals surface area contributed by atoms with Crippen LogP contribution in [0.5, 0.6) is 0 Å². The van der Waals surface area contributed by atoms with Gasteiger partial charge in [0.25, 0.3) is 10.1 Å². The van der Waals surface area contributed by atoms with Gasteiger partial charge in [0, 0.05) is 5.56 Å². The zero-order chi connectivity index (χ0) is 19.0. The Kier molecular flexibility index (Phi) is 6.34. The highest BCUT2D eigenvalue weighted by atomic mass is 35.6. The van der Waals surface area contributed by atoms with Crippen LogP contribution in [-0.4, -0.2) is 30.5 Å². The van der Waals surface area contributed by atoms with E-state index in [1.807, 2.05) is 0 Å². The van der Waals surface area contributed by atoms with Gasteiger partial charge in [-0.3, -0.25) is 4.18 Å². The standard InChI is InChI=1S/C12H7Cl6N3O3S/c1-24-25(22,23)7-4-2-6(3-5-7)8-19-9(11(13,14)15)21-10(20-8)12(16,17)18/h2-5H,1H3. The first kappa shape index (κ1) is 21.2. The summed E-state index contributed by atoms with van der Waals surface area (Å²) in [5.74, 6) is -0.478. The van der Waals surface area contributed by atoms with Crippen LogP contribution in [-0.2, 0) is 21.9 Å². The zero-order valence-corrected chi connectivity index (χ0v) is 17.4. The minimum absolute atomic E-state index is 0.0269. The maximum absolute atomic E-state index is 11.7. The quantitative estimate of drug-likeness (QED) is 0.469. The largest absolute Gasteiger partial charge is 0.296 e. The number of halogens is 6. The van der Waals surface area contributed by atoms with Gasteiger partial charge in [-0.25, -0.2) is 15.0 Å². The fourth-order valence-electron chi connectivity index (χ4n) is 1.63. The molecule has 0 saturated heterocycles. The molecule has 2 rings (SSSR count). The topological polar surface area (TPSA) is 82.0 Å². The second-order valence-electron chi connectivity index (χ2n) is 4.45. The van der Waals surface area contributed by atoms with E-state index < -0.39 is 17.7 Å². The molecule has 13 heteroatoms. The lowest BCUT2D eigenvalue weighted by atomic mass is 10.2. The third-order valence-electron chi connectivity index (χ3n) is 2.76. The summed E-state index contributed by atoms with van der Waals surface area (Å²) in [6, 6.07) is 5.43. The van der Waals surface area contributed by atoms with Gasteiger partial charge in [-0.2, -0.15) is 8.42 Å². The van der Waals surface area contributed by atoms with E-state index in [4.69, 9.17) is 69.6 Å². The van der Waals surface area contributed by atoms with E-state index in [0.29, 0.717) is 5.56 Å². The third-order valence-corrected chi connectivity index (χ3v) is 5.07. The van der Waals surface area contributed by atoms with Crippen LogP contribution in [0.4, 0.5) is 0 Å². The predicted octanol–water partition coefficient (Wildman–Crippen LogP) is 4.53. The van der Waals surface area contributed by atoms with E-state index in [1.54, 1.807) is 0 Å². The molecule has 136 valence electrons. The number of benzene rings is 1. The summed E-state index contributed by atoms with van der Waals surface area (Å²) in [5, 5.41) is 0. The second-order valence-corrected chi connectivity index (χ2v) is 10.7.